The minimum atomic E-state index is 0.620. The van der Waals surface area contributed by atoms with Gasteiger partial charge in [0.05, 0.1) is 13.3 Å². The SMILES string of the molecule is CC(C)C1(C)CN(C)C1.CC(C)CC1(C)CN(C)C1.CC(C)N1CN(C)C1. The van der Waals surface area contributed by atoms with Crippen LogP contribution in [0.25, 0.3) is 0 Å². The zero-order chi connectivity index (χ0) is 21.0. The van der Waals surface area contributed by atoms with Crippen molar-refractivity contribution >= 4 is 0 Å². The summed E-state index contributed by atoms with van der Waals surface area (Å²) in [7, 11) is 6.52. The predicted molar refractivity (Wildman–Crippen MR) is 120 cm³/mol. The molecular formula is C23H50N4. The summed E-state index contributed by atoms with van der Waals surface area (Å²) in [6, 6.07) is 0.728. The van der Waals surface area contributed by atoms with Gasteiger partial charge in [-0.1, -0.05) is 41.5 Å². The highest BCUT2D eigenvalue weighted by Gasteiger charge is 2.38. The van der Waals surface area contributed by atoms with E-state index < -0.39 is 0 Å². The van der Waals surface area contributed by atoms with E-state index in [1.54, 1.807) is 0 Å². The maximum absolute atomic E-state index is 2.42. The molecule has 162 valence electrons. The molecule has 3 saturated heterocycles. The highest BCUT2D eigenvalue weighted by atomic mass is 15.5. The monoisotopic (exact) mass is 382 g/mol. The Morgan fingerprint density at radius 2 is 1.15 bits per heavy atom. The maximum atomic E-state index is 2.42. The van der Waals surface area contributed by atoms with Crippen LogP contribution in [0.1, 0.15) is 61.8 Å². The standard InChI is InChI=1S/C9H19N.C8H17N.C6H14N2/c1-8(2)5-9(3)6-10(4)7-9;1-7(2)8(3)5-9(4)6-8;1-6(2)8-4-7(3)5-8/h8H,5-7H2,1-4H3;7H,5-6H2,1-4H3;6H,4-5H2,1-3H3. The molecule has 0 N–H and O–H groups in total. The van der Waals surface area contributed by atoms with Crippen LogP contribution in [0.2, 0.25) is 0 Å². The van der Waals surface area contributed by atoms with E-state index in [4.69, 9.17) is 0 Å². The van der Waals surface area contributed by atoms with Crippen LogP contribution in [0.3, 0.4) is 0 Å². The third-order valence-corrected chi connectivity index (χ3v) is 6.44. The quantitative estimate of drug-likeness (QED) is 0.724. The van der Waals surface area contributed by atoms with Crippen LogP contribution in [-0.2, 0) is 0 Å². The molecule has 0 bridgehead atoms. The first-order chi connectivity index (χ1) is 12.3. The lowest BCUT2D eigenvalue weighted by molar-refractivity contribution is -0.0318. The fourth-order valence-corrected chi connectivity index (χ4v) is 4.83. The molecule has 0 radical (unpaired) electrons. The van der Waals surface area contributed by atoms with Gasteiger partial charge in [-0.3, -0.25) is 9.80 Å². The predicted octanol–water partition coefficient (Wildman–Crippen LogP) is 4.14. The molecule has 0 aromatic carbocycles. The fraction of sp³-hybridized carbons (Fsp3) is 1.00. The first-order valence-corrected chi connectivity index (χ1v) is 11.1. The molecule has 4 heteroatoms. The second-order valence-electron chi connectivity index (χ2n) is 11.4. The van der Waals surface area contributed by atoms with Crippen molar-refractivity contribution in [3.63, 3.8) is 0 Å². The van der Waals surface area contributed by atoms with E-state index in [1.165, 1.54) is 32.6 Å². The van der Waals surface area contributed by atoms with Crippen molar-refractivity contribution in [2.24, 2.45) is 22.7 Å². The molecule has 27 heavy (non-hydrogen) atoms. The Balaban J connectivity index is 0.000000204. The van der Waals surface area contributed by atoms with Gasteiger partial charge in [0, 0.05) is 32.2 Å². The van der Waals surface area contributed by atoms with Crippen LogP contribution in [0.5, 0.6) is 0 Å². The van der Waals surface area contributed by atoms with Gasteiger partial charge >= 0.3 is 0 Å². The molecule has 0 unspecified atom stereocenters. The lowest BCUT2D eigenvalue weighted by Gasteiger charge is -2.49. The number of hydrogen-bond acceptors (Lipinski definition) is 4. The number of hydrogen-bond donors (Lipinski definition) is 0. The average molecular weight is 383 g/mol. The first-order valence-electron chi connectivity index (χ1n) is 11.1. The molecule has 3 fully saturated rings. The Kier molecular flexibility index (Phi) is 9.26. The van der Waals surface area contributed by atoms with E-state index in [2.05, 4.69) is 96.1 Å². The molecule has 3 heterocycles. The van der Waals surface area contributed by atoms with Gasteiger partial charge in [0.25, 0.3) is 0 Å². The highest BCUT2D eigenvalue weighted by Crippen LogP contribution is 2.36. The first kappa shape index (κ1) is 24.9. The normalized spacial score (nSPS) is 25.1. The lowest BCUT2D eigenvalue weighted by atomic mass is 9.73. The van der Waals surface area contributed by atoms with Crippen LogP contribution in [0.15, 0.2) is 0 Å². The van der Waals surface area contributed by atoms with Gasteiger partial charge in [0.1, 0.15) is 0 Å². The van der Waals surface area contributed by atoms with Crippen molar-refractivity contribution in [2.75, 3.05) is 60.7 Å². The minimum absolute atomic E-state index is 0.620. The Bertz CT molecular complexity index is 414. The molecule has 0 amide bonds. The van der Waals surface area contributed by atoms with Crippen LogP contribution >= 0.6 is 0 Å². The van der Waals surface area contributed by atoms with Gasteiger partial charge in [-0.05, 0) is 64.1 Å². The molecule has 3 aliphatic rings. The largest absolute Gasteiger partial charge is 0.305 e. The molecule has 0 aromatic rings. The minimum Gasteiger partial charge on any atom is -0.305 e. The second-order valence-corrected chi connectivity index (χ2v) is 11.4. The van der Waals surface area contributed by atoms with Crippen LogP contribution in [0.4, 0.5) is 0 Å². The molecule has 0 atom stereocenters. The van der Waals surface area contributed by atoms with Crippen molar-refractivity contribution in [3.8, 4) is 0 Å². The molecule has 0 aromatic heterocycles. The summed E-state index contributed by atoms with van der Waals surface area (Å²) in [5.74, 6) is 1.70. The summed E-state index contributed by atoms with van der Waals surface area (Å²) in [5, 5.41) is 0. The van der Waals surface area contributed by atoms with Crippen LogP contribution in [-0.4, -0.2) is 86.3 Å². The average Bonchev–Trinajstić information content (AvgIpc) is 2.41. The zero-order valence-corrected chi connectivity index (χ0v) is 20.5. The van der Waals surface area contributed by atoms with Gasteiger partial charge in [0.15, 0.2) is 0 Å². The van der Waals surface area contributed by atoms with Crippen molar-refractivity contribution in [2.45, 2.75) is 67.9 Å². The molecule has 0 aliphatic carbocycles. The zero-order valence-electron chi connectivity index (χ0n) is 20.5. The summed E-state index contributed by atoms with van der Waals surface area (Å²) in [6.07, 6.45) is 1.39. The topological polar surface area (TPSA) is 13.0 Å². The summed E-state index contributed by atoms with van der Waals surface area (Å²) in [6.45, 7) is 25.9. The third-order valence-electron chi connectivity index (χ3n) is 6.44. The second kappa shape index (κ2) is 10.0. The lowest BCUT2D eigenvalue weighted by Crippen LogP contribution is -2.55. The van der Waals surface area contributed by atoms with Crippen LogP contribution < -0.4 is 0 Å². The van der Waals surface area contributed by atoms with E-state index >= 15 is 0 Å². The summed E-state index contributed by atoms with van der Waals surface area (Å²) in [5.41, 5.74) is 1.26. The van der Waals surface area contributed by atoms with E-state index in [1.807, 2.05) is 0 Å². The van der Waals surface area contributed by atoms with E-state index in [-0.39, 0.29) is 0 Å². The number of likely N-dealkylation sites (tertiary alicyclic amines) is 2. The Morgan fingerprint density at radius 1 is 0.704 bits per heavy atom. The summed E-state index contributed by atoms with van der Waals surface area (Å²) < 4.78 is 0. The van der Waals surface area contributed by atoms with Gasteiger partial charge in [-0.2, -0.15) is 0 Å². The molecule has 4 nitrogen and oxygen atoms in total. The van der Waals surface area contributed by atoms with Gasteiger partial charge in [-0.25, -0.2) is 0 Å². The Labute approximate surface area is 171 Å². The highest BCUT2D eigenvalue weighted by molar-refractivity contribution is 4.91. The Hall–Kier alpha value is -0.160. The van der Waals surface area contributed by atoms with E-state index in [0.717, 1.165) is 31.2 Å². The molecular weight excluding hydrogens is 332 g/mol. The smallest absolute Gasteiger partial charge is 0.0529 e. The molecule has 0 spiro atoms. The van der Waals surface area contributed by atoms with Crippen molar-refractivity contribution in [1.29, 1.82) is 0 Å². The van der Waals surface area contributed by atoms with E-state index in [0.29, 0.717) is 10.8 Å². The van der Waals surface area contributed by atoms with Crippen molar-refractivity contribution in [3.05, 3.63) is 0 Å². The summed E-state index contributed by atoms with van der Waals surface area (Å²) >= 11 is 0. The molecule has 0 saturated carbocycles. The van der Waals surface area contributed by atoms with Crippen molar-refractivity contribution < 1.29 is 0 Å². The fourth-order valence-electron chi connectivity index (χ4n) is 4.83. The molecule has 3 rings (SSSR count). The van der Waals surface area contributed by atoms with Crippen molar-refractivity contribution in [1.82, 2.24) is 19.6 Å². The number of nitrogens with zero attached hydrogens (tertiary/aromatic N) is 4. The maximum Gasteiger partial charge on any atom is 0.0529 e. The van der Waals surface area contributed by atoms with Gasteiger partial charge in [0.2, 0.25) is 0 Å². The summed E-state index contributed by atoms with van der Waals surface area (Å²) in [4.78, 5) is 9.47. The van der Waals surface area contributed by atoms with E-state index in [9.17, 15) is 0 Å². The third kappa shape index (κ3) is 8.00. The van der Waals surface area contributed by atoms with Gasteiger partial charge < -0.3 is 9.80 Å². The number of rotatable bonds is 4. The molecule has 3 aliphatic heterocycles. The van der Waals surface area contributed by atoms with Crippen LogP contribution in [0, 0.1) is 22.7 Å². The Morgan fingerprint density at radius 3 is 1.33 bits per heavy atom. The van der Waals surface area contributed by atoms with Gasteiger partial charge in [-0.15, -0.1) is 0 Å².